The van der Waals surface area contributed by atoms with E-state index in [1.165, 1.54) is 34.0 Å². The number of carbonyl (C=O) groups excluding carboxylic acids is 1. The molecule has 0 bridgehead atoms. The molecule has 1 fully saturated rings. The average molecular weight is 282 g/mol. The molecule has 1 saturated carbocycles. The maximum atomic E-state index is 12.0. The van der Waals surface area contributed by atoms with Gasteiger partial charge in [0.1, 0.15) is 4.88 Å². The summed E-state index contributed by atoms with van der Waals surface area (Å²) in [6, 6.07) is 0. The largest absolute Gasteiger partial charge is 0.397 e. The molecule has 3 N–H and O–H groups in total. The first-order valence-electron chi connectivity index (χ1n) is 6.13. The molecular weight excluding hydrogens is 264 g/mol. The van der Waals surface area contributed by atoms with Gasteiger partial charge in [0.05, 0.1) is 9.90 Å². The number of thioether (sulfide) groups is 1. The summed E-state index contributed by atoms with van der Waals surface area (Å²) in [6.07, 6.45) is 4.07. The van der Waals surface area contributed by atoms with Crippen molar-refractivity contribution in [2.45, 2.75) is 29.9 Å². The van der Waals surface area contributed by atoms with Gasteiger partial charge in [0.25, 0.3) is 5.91 Å². The average Bonchev–Trinajstić information content (AvgIpc) is 3.13. The quantitative estimate of drug-likeness (QED) is 0.622. The smallest absolute Gasteiger partial charge is 0.263 e. The maximum Gasteiger partial charge on any atom is 0.263 e. The standard InChI is InChI=1S/C13H18N2OS2/c1-3-7-15-12(16)11-10(14)9(8-5-6-8)13(18-11)17-4-2/h3,8H,1,4-7,14H2,2H3,(H,15,16). The van der Waals surface area contributed by atoms with Gasteiger partial charge < -0.3 is 11.1 Å². The zero-order valence-electron chi connectivity index (χ0n) is 10.5. The molecule has 2 rings (SSSR count). The van der Waals surface area contributed by atoms with E-state index in [2.05, 4.69) is 18.8 Å². The zero-order chi connectivity index (χ0) is 13.1. The van der Waals surface area contributed by atoms with E-state index in [9.17, 15) is 4.79 Å². The fraction of sp³-hybridized carbons (Fsp3) is 0.462. The van der Waals surface area contributed by atoms with Crippen LogP contribution in [0.4, 0.5) is 5.69 Å². The second kappa shape index (κ2) is 5.80. The third kappa shape index (κ3) is 2.72. The normalized spacial score (nSPS) is 14.5. The summed E-state index contributed by atoms with van der Waals surface area (Å²) in [4.78, 5) is 12.7. The highest BCUT2D eigenvalue weighted by molar-refractivity contribution is 8.01. The summed E-state index contributed by atoms with van der Waals surface area (Å²) >= 11 is 3.31. The highest BCUT2D eigenvalue weighted by Gasteiger charge is 2.32. The first-order valence-corrected chi connectivity index (χ1v) is 7.93. The van der Waals surface area contributed by atoms with Gasteiger partial charge in [-0.1, -0.05) is 13.0 Å². The van der Waals surface area contributed by atoms with Crippen LogP contribution in [0.5, 0.6) is 0 Å². The van der Waals surface area contributed by atoms with E-state index in [-0.39, 0.29) is 5.91 Å². The van der Waals surface area contributed by atoms with E-state index in [1.807, 2.05) is 0 Å². The third-order valence-corrected chi connectivity index (χ3v) is 5.21. The minimum absolute atomic E-state index is 0.0812. The number of amides is 1. The molecule has 1 aliphatic carbocycles. The highest BCUT2D eigenvalue weighted by atomic mass is 32.2. The fourth-order valence-electron chi connectivity index (χ4n) is 1.85. The van der Waals surface area contributed by atoms with Gasteiger partial charge in [0, 0.05) is 12.1 Å². The Hall–Kier alpha value is -0.940. The molecule has 1 aromatic heterocycles. The first-order chi connectivity index (χ1) is 8.69. The number of hydrogen-bond acceptors (Lipinski definition) is 4. The monoisotopic (exact) mass is 282 g/mol. The summed E-state index contributed by atoms with van der Waals surface area (Å²) in [6.45, 7) is 6.19. The molecule has 0 unspecified atom stereocenters. The summed E-state index contributed by atoms with van der Waals surface area (Å²) in [5, 5.41) is 2.80. The van der Waals surface area contributed by atoms with Crippen molar-refractivity contribution in [3.8, 4) is 0 Å². The van der Waals surface area contributed by atoms with E-state index in [0.29, 0.717) is 23.0 Å². The van der Waals surface area contributed by atoms with Crippen LogP contribution in [0.25, 0.3) is 0 Å². The predicted molar refractivity (Wildman–Crippen MR) is 79.6 cm³/mol. The van der Waals surface area contributed by atoms with Crippen molar-refractivity contribution in [1.29, 1.82) is 0 Å². The molecule has 0 radical (unpaired) electrons. The molecule has 98 valence electrons. The molecule has 18 heavy (non-hydrogen) atoms. The van der Waals surface area contributed by atoms with Crippen LogP contribution in [0, 0.1) is 0 Å². The molecule has 1 aromatic rings. The molecule has 1 aliphatic rings. The lowest BCUT2D eigenvalue weighted by molar-refractivity contribution is 0.0963. The Bertz CT molecular complexity index is 464. The Morgan fingerprint density at radius 2 is 2.39 bits per heavy atom. The molecule has 1 amide bonds. The van der Waals surface area contributed by atoms with Crippen LogP contribution in [0.3, 0.4) is 0 Å². The third-order valence-electron chi connectivity index (χ3n) is 2.82. The van der Waals surface area contributed by atoms with Crippen molar-refractivity contribution in [2.24, 2.45) is 0 Å². The topological polar surface area (TPSA) is 55.1 Å². The number of hydrogen-bond donors (Lipinski definition) is 2. The number of nitrogens with two attached hydrogens (primary N) is 1. The van der Waals surface area contributed by atoms with E-state index < -0.39 is 0 Å². The van der Waals surface area contributed by atoms with Crippen LogP contribution in [0.2, 0.25) is 0 Å². The second-order valence-electron chi connectivity index (χ2n) is 4.25. The molecule has 0 atom stereocenters. The number of nitrogens with one attached hydrogen (secondary N) is 1. The molecule has 0 saturated heterocycles. The van der Waals surface area contributed by atoms with Gasteiger partial charge in [-0.2, -0.15) is 0 Å². The Kier molecular flexibility index (Phi) is 4.35. The summed E-state index contributed by atoms with van der Waals surface area (Å²) in [5.41, 5.74) is 8.07. The van der Waals surface area contributed by atoms with Gasteiger partial charge >= 0.3 is 0 Å². The minimum atomic E-state index is -0.0812. The van der Waals surface area contributed by atoms with Crippen molar-refractivity contribution in [3.63, 3.8) is 0 Å². The molecule has 1 heterocycles. The van der Waals surface area contributed by atoms with E-state index in [0.717, 1.165) is 5.75 Å². The molecule has 0 aliphatic heterocycles. The fourth-order valence-corrected chi connectivity index (χ4v) is 4.34. The van der Waals surface area contributed by atoms with Gasteiger partial charge in [-0.3, -0.25) is 4.79 Å². The minimum Gasteiger partial charge on any atom is -0.397 e. The van der Waals surface area contributed by atoms with Crippen LogP contribution in [-0.4, -0.2) is 18.2 Å². The van der Waals surface area contributed by atoms with Crippen molar-refractivity contribution in [1.82, 2.24) is 5.32 Å². The van der Waals surface area contributed by atoms with Crippen LogP contribution < -0.4 is 11.1 Å². The van der Waals surface area contributed by atoms with Crippen LogP contribution in [0.1, 0.15) is 40.9 Å². The van der Waals surface area contributed by atoms with E-state index >= 15 is 0 Å². The van der Waals surface area contributed by atoms with Crippen molar-refractivity contribution in [3.05, 3.63) is 23.1 Å². The predicted octanol–water partition coefficient (Wildman–Crippen LogP) is 3.24. The van der Waals surface area contributed by atoms with Crippen LogP contribution in [-0.2, 0) is 0 Å². The van der Waals surface area contributed by atoms with Crippen molar-refractivity contribution >= 4 is 34.7 Å². The van der Waals surface area contributed by atoms with E-state index in [1.54, 1.807) is 17.8 Å². The van der Waals surface area contributed by atoms with E-state index in [4.69, 9.17) is 5.73 Å². The van der Waals surface area contributed by atoms with Crippen molar-refractivity contribution in [2.75, 3.05) is 18.0 Å². The number of carbonyl (C=O) groups is 1. The second-order valence-corrected chi connectivity index (χ2v) is 6.81. The Morgan fingerprint density at radius 3 is 2.94 bits per heavy atom. The maximum absolute atomic E-state index is 12.0. The first kappa shape index (κ1) is 13.5. The van der Waals surface area contributed by atoms with Gasteiger partial charge in [-0.05, 0) is 24.5 Å². The Morgan fingerprint density at radius 1 is 1.67 bits per heavy atom. The number of thiophene rings is 1. The van der Waals surface area contributed by atoms with Gasteiger partial charge in [0.2, 0.25) is 0 Å². The molecule has 0 spiro atoms. The Labute approximate surface area is 116 Å². The number of rotatable bonds is 6. The Balaban J connectivity index is 2.27. The lowest BCUT2D eigenvalue weighted by Gasteiger charge is -2.02. The zero-order valence-corrected chi connectivity index (χ0v) is 12.1. The molecule has 5 heteroatoms. The summed E-state index contributed by atoms with van der Waals surface area (Å²) in [7, 11) is 0. The van der Waals surface area contributed by atoms with Crippen LogP contribution in [0.15, 0.2) is 16.9 Å². The number of nitrogen functional groups attached to an aromatic ring is 1. The molecule has 0 aromatic carbocycles. The highest BCUT2D eigenvalue weighted by Crippen LogP contribution is 2.51. The summed E-state index contributed by atoms with van der Waals surface area (Å²) in [5.74, 6) is 1.51. The molecule has 3 nitrogen and oxygen atoms in total. The van der Waals surface area contributed by atoms with Crippen LogP contribution >= 0.6 is 23.1 Å². The van der Waals surface area contributed by atoms with Gasteiger partial charge in [-0.15, -0.1) is 29.7 Å². The van der Waals surface area contributed by atoms with Gasteiger partial charge in [-0.25, -0.2) is 0 Å². The van der Waals surface area contributed by atoms with Gasteiger partial charge in [0.15, 0.2) is 0 Å². The number of anilines is 1. The van der Waals surface area contributed by atoms with Crippen molar-refractivity contribution < 1.29 is 4.79 Å². The SMILES string of the molecule is C=CCNC(=O)c1sc(SCC)c(C2CC2)c1N. The molecular formula is C13H18N2OS2. The summed E-state index contributed by atoms with van der Waals surface area (Å²) < 4.78 is 1.22. The lowest BCUT2D eigenvalue weighted by atomic mass is 10.1. The lowest BCUT2D eigenvalue weighted by Crippen LogP contribution is -2.23.